The number of hydrogen-bond acceptors (Lipinski definition) is 7. The van der Waals surface area contributed by atoms with E-state index in [4.69, 9.17) is 14.6 Å². The number of likely N-dealkylation sites (N-methyl/N-ethyl adjacent to an activating group) is 1. The van der Waals surface area contributed by atoms with Gasteiger partial charge >= 0.3 is 0 Å². The van der Waals surface area contributed by atoms with Crippen molar-refractivity contribution in [3.05, 3.63) is 65.7 Å². The lowest BCUT2D eigenvalue weighted by molar-refractivity contribution is -0.0452. The van der Waals surface area contributed by atoms with Crippen molar-refractivity contribution >= 4 is 22.1 Å². The SMILES string of the molecule is COc1cc(N=Nc2c(O)ccc3ccccc23)c2c3c1O[C@H]1[C@@H](O)C=C[C@H]4[C@@H](C2)N(C)CC[C@@]341. The highest BCUT2D eigenvalue weighted by molar-refractivity contribution is 5.95. The predicted octanol–water partition coefficient (Wildman–Crippen LogP) is 4.78. The molecule has 5 atom stereocenters. The molecule has 2 bridgehead atoms. The van der Waals surface area contributed by atoms with E-state index in [-0.39, 0.29) is 29.2 Å². The van der Waals surface area contributed by atoms with Crippen molar-refractivity contribution in [3.63, 3.8) is 0 Å². The van der Waals surface area contributed by atoms with Gasteiger partial charge in [-0.15, -0.1) is 10.2 Å². The van der Waals surface area contributed by atoms with E-state index in [1.807, 2.05) is 42.5 Å². The number of aliphatic hydroxyl groups is 1. The molecular formula is C28H27N3O4. The maximum Gasteiger partial charge on any atom is 0.166 e. The molecule has 0 aromatic heterocycles. The van der Waals surface area contributed by atoms with Gasteiger partial charge in [0.15, 0.2) is 11.5 Å². The van der Waals surface area contributed by atoms with E-state index in [0.717, 1.165) is 52.7 Å². The number of ether oxygens (including phenoxy) is 2. The zero-order valence-electron chi connectivity index (χ0n) is 19.7. The molecule has 3 aromatic rings. The molecule has 178 valence electrons. The smallest absolute Gasteiger partial charge is 0.166 e. The fraction of sp³-hybridized carbons (Fsp3) is 0.357. The third kappa shape index (κ3) is 2.68. The quantitative estimate of drug-likeness (QED) is 0.426. The minimum Gasteiger partial charge on any atom is -0.506 e. The molecule has 2 heterocycles. The van der Waals surface area contributed by atoms with Crippen LogP contribution >= 0.6 is 0 Å². The summed E-state index contributed by atoms with van der Waals surface area (Å²) in [6.45, 7) is 0.943. The molecule has 0 radical (unpaired) electrons. The molecule has 35 heavy (non-hydrogen) atoms. The van der Waals surface area contributed by atoms with Crippen molar-refractivity contribution in [1.29, 1.82) is 0 Å². The normalized spacial score (nSPS) is 30.5. The first-order chi connectivity index (χ1) is 17.0. The number of piperidine rings is 1. The summed E-state index contributed by atoms with van der Waals surface area (Å²) < 4.78 is 12.3. The Hall–Kier alpha value is -3.42. The molecule has 2 aliphatic heterocycles. The van der Waals surface area contributed by atoms with Gasteiger partial charge in [-0.3, -0.25) is 0 Å². The first-order valence-corrected chi connectivity index (χ1v) is 12.1. The van der Waals surface area contributed by atoms with Crippen LogP contribution in [0.2, 0.25) is 0 Å². The fourth-order valence-electron chi connectivity index (χ4n) is 6.98. The number of rotatable bonds is 3. The zero-order chi connectivity index (χ0) is 23.9. The molecule has 0 saturated carbocycles. The Morgan fingerprint density at radius 3 is 2.86 bits per heavy atom. The van der Waals surface area contributed by atoms with Gasteiger partial charge in [0, 0.05) is 34.4 Å². The fourth-order valence-corrected chi connectivity index (χ4v) is 6.98. The van der Waals surface area contributed by atoms with Crippen LogP contribution < -0.4 is 9.47 Å². The number of nitrogens with zero attached hydrogens (tertiary/aromatic N) is 3. The molecule has 7 rings (SSSR count). The summed E-state index contributed by atoms with van der Waals surface area (Å²) in [6.07, 6.45) is 4.78. The van der Waals surface area contributed by atoms with E-state index in [2.05, 4.69) is 23.1 Å². The van der Waals surface area contributed by atoms with Gasteiger partial charge in [-0.05, 0) is 43.5 Å². The Morgan fingerprint density at radius 2 is 2.00 bits per heavy atom. The van der Waals surface area contributed by atoms with Crippen molar-refractivity contribution in [2.24, 2.45) is 16.1 Å². The van der Waals surface area contributed by atoms with Crippen LogP contribution in [0.5, 0.6) is 17.2 Å². The third-order valence-corrected chi connectivity index (χ3v) is 8.60. The predicted molar refractivity (Wildman–Crippen MR) is 132 cm³/mol. The number of phenols is 1. The van der Waals surface area contributed by atoms with Gasteiger partial charge in [-0.25, -0.2) is 0 Å². The first-order valence-electron chi connectivity index (χ1n) is 12.1. The molecule has 0 amide bonds. The number of fused-ring (bicyclic) bond motifs is 1. The largest absolute Gasteiger partial charge is 0.506 e. The van der Waals surface area contributed by atoms with Gasteiger partial charge in [-0.2, -0.15) is 0 Å². The van der Waals surface area contributed by atoms with Crippen molar-refractivity contribution in [2.45, 2.75) is 36.5 Å². The second-order valence-electron chi connectivity index (χ2n) is 10.1. The minimum atomic E-state index is -0.670. The summed E-state index contributed by atoms with van der Waals surface area (Å²) in [5.74, 6) is 1.68. The van der Waals surface area contributed by atoms with Crippen molar-refractivity contribution in [1.82, 2.24) is 4.90 Å². The van der Waals surface area contributed by atoms with E-state index in [1.54, 1.807) is 13.2 Å². The van der Waals surface area contributed by atoms with Gasteiger partial charge in [0.2, 0.25) is 0 Å². The zero-order valence-corrected chi connectivity index (χ0v) is 19.7. The highest BCUT2D eigenvalue weighted by Gasteiger charge is 2.64. The van der Waals surface area contributed by atoms with E-state index in [1.165, 1.54) is 0 Å². The molecule has 3 aromatic carbocycles. The number of benzene rings is 3. The van der Waals surface area contributed by atoms with Crippen LogP contribution in [-0.2, 0) is 11.8 Å². The molecule has 2 aliphatic carbocycles. The number of hydrogen-bond donors (Lipinski definition) is 2. The van der Waals surface area contributed by atoms with Crippen LogP contribution in [0, 0.1) is 5.92 Å². The average molecular weight is 470 g/mol. The molecule has 2 N–H and O–H groups in total. The molecule has 1 saturated heterocycles. The van der Waals surface area contributed by atoms with Gasteiger partial charge < -0.3 is 24.6 Å². The van der Waals surface area contributed by atoms with Gasteiger partial charge in [0.1, 0.15) is 23.6 Å². The highest BCUT2D eigenvalue weighted by Crippen LogP contribution is 2.64. The van der Waals surface area contributed by atoms with Crippen LogP contribution in [0.4, 0.5) is 11.4 Å². The molecule has 7 nitrogen and oxygen atoms in total. The number of aromatic hydroxyl groups is 1. The Bertz CT molecular complexity index is 1430. The van der Waals surface area contributed by atoms with Crippen molar-refractivity contribution in [2.75, 3.05) is 20.7 Å². The van der Waals surface area contributed by atoms with Crippen LogP contribution in [-0.4, -0.2) is 54.1 Å². The van der Waals surface area contributed by atoms with E-state index in [0.29, 0.717) is 11.4 Å². The molecule has 1 spiro atoms. The molecule has 1 fully saturated rings. The topological polar surface area (TPSA) is 86.9 Å². The average Bonchev–Trinajstić information content (AvgIpc) is 3.22. The number of methoxy groups -OCH3 is 1. The Kier molecular flexibility index (Phi) is 4.36. The molecular weight excluding hydrogens is 442 g/mol. The maximum atomic E-state index is 10.9. The summed E-state index contributed by atoms with van der Waals surface area (Å²) in [7, 11) is 3.80. The van der Waals surface area contributed by atoms with Crippen LogP contribution in [0.3, 0.4) is 0 Å². The number of phenolic OH excluding ortho intramolecular Hbond substituents is 1. The van der Waals surface area contributed by atoms with E-state index < -0.39 is 6.10 Å². The van der Waals surface area contributed by atoms with E-state index in [9.17, 15) is 10.2 Å². The van der Waals surface area contributed by atoms with Gasteiger partial charge in [0.05, 0.1) is 12.8 Å². The summed E-state index contributed by atoms with van der Waals surface area (Å²) in [5, 5.41) is 32.6. The number of azo groups is 1. The summed E-state index contributed by atoms with van der Waals surface area (Å²) >= 11 is 0. The molecule has 4 aliphatic rings. The van der Waals surface area contributed by atoms with Crippen LogP contribution in [0.25, 0.3) is 10.8 Å². The minimum absolute atomic E-state index is 0.0911. The van der Waals surface area contributed by atoms with Gasteiger partial charge in [-0.1, -0.05) is 42.5 Å². The first kappa shape index (κ1) is 20.9. The lowest BCUT2D eigenvalue weighted by Crippen LogP contribution is -2.64. The van der Waals surface area contributed by atoms with E-state index >= 15 is 0 Å². The second-order valence-corrected chi connectivity index (χ2v) is 10.1. The molecule has 0 unspecified atom stereocenters. The van der Waals surface area contributed by atoms with Crippen molar-refractivity contribution in [3.8, 4) is 17.2 Å². The Balaban J connectivity index is 1.44. The van der Waals surface area contributed by atoms with Crippen molar-refractivity contribution < 1.29 is 19.7 Å². The second kappa shape index (κ2) is 7.29. The Labute approximate surface area is 203 Å². The van der Waals surface area contributed by atoms with Gasteiger partial charge in [0.25, 0.3) is 0 Å². The monoisotopic (exact) mass is 469 g/mol. The maximum absolute atomic E-state index is 10.9. The third-order valence-electron chi connectivity index (χ3n) is 8.60. The Morgan fingerprint density at radius 1 is 1.14 bits per heavy atom. The lowest BCUT2D eigenvalue weighted by Gasteiger charge is -2.56. The summed E-state index contributed by atoms with van der Waals surface area (Å²) in [4.78, 5) is 2.41. The lowest BCUT2D eigenvalue weighted by atomic mass is 9.53. The van der Waals surface area contributed by atoms with Crippen LogP contribution in [0.15, 0.2) is 64.8 Å². The summed E-state index contributed by atoms with van der Waals surface area (Å²) in [5.41, 5.74) is 3.08. The van der Waals surface area contributed by atoms with Crippen LogP contribution in [0.1, 0.15) is 17.5 Å². The number of likely N-dealkylation sites (tertiary alicyclic amines) is 1. The highest BCUT2D eigenvalue weighted by atomic mass is 16.5. The molecule has 7 heteroatoms. The number of aliphatic hydroxyl groups excluding tert-OH is 1. The standard InChI is InChI=1S/C28H27N3O4/c1-31-12-11-28-18-8-10-22(33)27(28)35-26-23(34-2)14-19(17(24(26)28)13-20(18)31)29-30-25-16-6-4-3-5-15(16)7-9-21(25)32/h3-10,14,18,20,22,27,32-33H,11-13H2,1-2H3/t18-,20+,22-,27-,28-/m0/s1. The summed E-state index contributed by atoms with van der Waals surface area (Å²) in [6, 6.07) is 13.5.